The molecule has 112 valence electrons. The normalized spacial score (nSPS) is 11.7. The van der Waals surface area contributed by atoms with Crippen LogP contribution in [0, 0.1) is 27.7 Å². The quantitative estimate of drug-likeness (QED) is 0.837. The third-order valence-corrected chi connectivity index (χ3v) is 7.89. The average molecular weight is 300 g/mol. The molecule has 0 atom stereocenters. The van der Waals surface area contributed by atoms with Crippen molar-refractivity contribution in [3.63, 3.8) is 0 Å². The standard InChI is InChI=1S/C18H24O2Si/c1-11-7-15(8-12(2)17(11)19)21(5,6)16-9-13(3)18(20)14(4)10-16/h7-10,19-20H,1-6H3. The molecule has 0 aliphatic rings. The second-order valence-corrected chi connectivity index (χ2v) is 10.9. The van der Waals surface area contributed by atoms with Crippen LogP contribution in [0.5, 0.6) is 11.5 Å². The van der Waals surface area contributed by atoms with E-state index < -0.39 is 8.07 Å². The minimum atomic E-state index is -1.85. The molecule has 0 aliphatic carbocycles. The molecule has 0 spiro atoms. The summed E-state index contributed by atoms with van der Waals surface area (Å²) in [6.07, 6.45) is 0. The van der Waals surface area contributed by atoms with Crippen molar-refractivity contribution in [3.8, 4) is 11.5 Å². The largest absolute Gasteiger partial charge is 0.507 e. The Labute approximate surface area is 128 Å². The lowest BCUT2D eigenvalue weighted by molar-refractivity contribution is 0.467. The smallest absolute Gasteiger partial charge is 0.121 e. The Kier molecular flexibility index (Phi) is 3.89. The van der Waals surface area contributed by atoms with E-state index in [0.717, 1.165) is 22.3 Å². The monoisotopic (exact) mass is 300 g/mol. The van der Waals surface area contributed by atoms with Gasteiger partial charge in [0.1, 0.15) is 19.6 Å². The van der Waals surface area contributed by atoms with Crippen LogP contribution >= 0.6 is 0 Å². The molecule has 0 bridgehead atoms. The van der Waals surface area contributed by atoms with Crippen molar-refractivity contribution in [2.45, 2.75) is 40.8 Å². The first kappa shape index (κ1) is 15.6. The highest BCUT2D eigenvalue weighted by atomic mass is 28.3. The Hall–Kier alpha value is -1.74. The van der Waals surface area contributed by atoms with Gasteiger partial charge in [0.05, 0.1) is 0 Å². The van der Waals surface area contributed by atoms with E-state index in [1.165, 1.54) is 10.4 Å². The Morgan fingerprint density at radius 3 is 1.10 bits per heavy atom. The van der Waals surface area contributed by atoms with Gasteiger partial charge >= 0.3 is 0 Å². The van der Waals surface area contributed by atoms with Crippen molar-refractivity contribution < 1.29 is 10.2 Å². The molecule has 2 aromatic carbocycles. The van der Waals surface area contributed by atoms with E-state index in [1.807, 2.05) is 27.7 Å². The van der Waals surface area contributed by atoms with Crippen molar-refractivity contribution in [1.82, 2.24) is 0 Å². The zero-order chi connectivity index (χ0) is 15.9. The van der Waals surface area contributed by atoms with Gasteiger partial charge in [-0.2, -0.15) is 0 Å². The number of phenolic OH excluding ortho intramolecular Hbond substituents is 2. The number of benzene rings is 2. The van der Waals surface area contributed by atoms with E-state index >= 15 is 0 Å². The fraction of sp³-hybridized carbons (Fsp3) is 0.333. The number of phenols is 2. The highest BCUT2D eigenvalue weighted by Crippen LogP contribution is 2.23. The zero-order valence-electron chi connectivity index (χ0n) is 13.7. The lowest BCUT2D eigenvalue weighted by Gasteiger charge is -2.26. The van der Waals surface area contributed by atoms with Crippen molar-refractivity contribution in [3.05, 3.63) is 46.5 Å². The zero-order valence-corrected chi connectivity index (χ0v) is 14.7. The third kappa shape index (κ3) is 2.70. The number of hydrogen-bond acceptors (Lipinski definition) is 2. The van der Waals surface area contributed by atoms with Crippen molar-refractivity contribution >= 4 is 18.4 Å². The number of aromatic hydroxyl groups is 2. The molecule has 3 heteroatoms. The molecule has 0 heterocycles. The first-order valence-electron chi connectivity index (χ1n) is 7.26. The molecule has 2 N–H and O–H groups in total. The Morgan fingerprint density at radius 2 is 0.857 bits per heavy atom. The molecule has 0 saturated heterocycles. The van der Waals surface area contributed by atoms with Crippen molar-refractivity contribution in [2.75, 3.05) is 0 Å². The van der Waals surface area contributed by atoms with Gasteiger partial charge in [-0.3, -0.25) is 0 Å². The maximum Gasteiger partial charge on any atom is 0.121 e. The number of aryl methyl sites for hydroxylation is 4. The molecule has 0 unspecified atom stereocenters. The van der Waals surface area contributed by atoms with Crippen molar-refractivity contribution in [1.29, 1.82) is 0 Å². The predicted octanol–water partition coefficient (Wildman–Crippen LogP) is 3.15. The number of rotatable bonds is 2. The minimum absolute atomic E-state index is 0.390. The average Bonchev–Trinajstić information content (AvgIpc) is 2.40. The summed E-state index contributed by atoms with van der Waals surface area (Å²) >= 11 is 0. The van der Waals surface area contributed by atoms with Crippen LogP contribution in [0.3, 0.4) is 0 Å². The van der Waals surface area contributed by atoms with Crippen LogP contribution in [-0.2, 0) is 0 Å². The van der Waals surface area contributed by atoms with Gasteiger partial charge in [0, 0.05) is 0 Å². The van der Waals surface area contributed by atoms with Crippen LogP contribution in [-0.4, -0.2) is 18.3 Å². The van der Waals surface area contributed by atoms with E-state index in [-0.39, 0.29) is 0 Å². The molecule has 0 aromatic heterocycles. The summed E-state index contributed by atoms with van der Waals surface area (Å²) in [5, 5.41) is 22.6. The van der Waals surface area contributed by atoms with Crippen LogP contribution in [0.1, 0.15) is 22.3 Å². The fourth-order valence-electron chi connectivity index (χ4n) is 2.80. The maximum atomic E-state index is 9.97. The molecule has 2 aromatic rings. The van der Waals surface area contributed by atoms with Gasteiger partial charge in [-0.25, -0.2) is 0 Å². The van der Waals surface area contributed by atoms with Gasteiger partial charge in [0.25, 0.3) is 0 Å². The van der Waals surface area contributed by atoms with Crippen molar-refractivity contribution in [2.24, 2.45) is 0 Å². The predicted molar refractivity (Wildman–Crippen MR) is 91.9 cm³/mol. The van der Waals surface area contributed by atoms with Crippen LogP contribution < -0.4 is 10.4 Å². The molecule has 0 amide bonds. The van der Waals surface area contributed by atoms with E-state index in [0.29, 0.717) is 11.5 Å². The van der Waals surface area contributed by atoms with E-state index in [1.54, 1.807) is 0 Å². The Balaban J connectivity index is 2.61. The molecule has 2 rings (SSSR count). The lowest BCUT2D eigenvalue weighted by atomic mass is 10.1. The van der Waals surface area contributed by atoms with Crippen LogP contribution in [0.15, 0.2) is 24.3 Å². The van der Waals surface area contributed by atoms with E-state index in [2.05, 4.69) is 37.4 Å². The van der Waals surface area contributed by atoms with Gasteiger partial charge in [-0.1, -0.05) is 47.7 Å². The fourth-order valence-corrected chi connectivity index (χ4v) is 5.44. The highest BCUT2D eigenvalue weighted by Gasteiger charge is 2.28. The molecular formula is C18H24O2Si. The summed E-state index contributed by atoms with van der Waals surface area (Å²) in [5.41, 5.74) is 3.71. The lowest BCUT2D eigenvalue weighted by Crippen LogP contribution is -2.53. The number of hydrogen-bond donors (Lipinski definition) is 2. The summed E-state index contributed by atoms with van der Waals surface area (Å²) in [5.74, 6) is 0.781. The summed E-state index contributed by atoms with van der Waals surface area (Å²) < 4.78 is 0. The van der Waals surface area contributed by atoms with Gasteiger partial charge in [-0.05, 0) is 49.9 Å². The summed E-state index contributed by atoms with van der Waals surface area (Å²) in [7, 11) is -1.85. The highest BCUT2D eigenvalue weighted by molar-refractivity contribution is 7.00. The van der Waals surface area contributed by atoms with E-state index in [4.69, 9.17) is 0 Å². The first-order valence-corrected chi connectivity index (χ1v) is 10.3. The second-order valence-electron chi connectivity index (χ2n) is 6.54. The summed E-state index contributed by atoms with van der Waals surface area (Å²) in [6.45, 7) is 12.4. The van der Waals surface area contributed by atoms with Gasteiger partial charge < -0.3 is 10.2 Å². The van der Waals surface area contributed by atoms with Crippen LogP contribution in [0.25, 0.3) is 0 Å². The molecular weight excluding hydrogens is 276 g/mol. The molecule has 2 nitrogen and oxygen atoms in total. The third-order valence-electron chi connectivity index (χ3n) is 4.43. The Bertz CT molecular complexity index is 597. The molecule has 0 radical (unpaired) electrons. The molecule has 0 aliphatic heterocycles. The van der Waals surface area contributed by atoms with Crippen LogP contribution in [0.4, 0.5) is 0 Å². The topological polar surface area (TPSA) is 40.5 Å². The van der Waals surface area contributed by atoms with Gasteiger partial charge in [0.2, 0.25) is 0 Å². The first-order chi connectivity index (χ1) is 9.64. The van der Waals surface area contributed by atoms with Gasteiger partial charge in [-0.15, -0.1) is 0 Å². The SMILES string of the molecule is Cc1cc([Si](C)(C)c2cc(C)c(O)c(C)c2)cc(C)c1O. The van der Waals surface area contributed by atoms with Crippen LogP contribution in [0.2, 0.25) is 13.1 Å². The molecule has 0 fully saturated rings. The maximum absolute atomic E-state index is 9.97. The second kappa shape index (κ2) is 5.23. The molecule has 0 saturated carbocycles. The summed E-state index contributed by atoms with van der Waals surface area (Å²) in [6, 6.07) is 8.41. The minimum Gasteiger partial charge on any atom is -0.507 e. The summed E-state index contributed by atoms with van der Waals surface area (Å²) in [4.78, 5) is 0. The van der Waals surface area contributed by atoms with E-state index in [9.17, 15) is 10.2 Å². The molecule has 21 heavy (non-hydrogen) atoms. The van der Waals surface area contributed by atoms with Gasteiger partial charge in [0.15, 0.2) is 0 Å². The Morgan fingerprint density at radius 1 is 0.619 bits per heavy atom.